The summed E-state index contributed by atoms with van der Waals surface area (Å²) < 4.78 is 77.9. The number of thioether (sulfide) groups is 1. The zero-order chi connectivity index (χ0) is 31.6. The molecule has 0 radical (unpaired) electrons. The molecular formula is C33H49F6NO2S. The molecule has 0 amide bonds. The van der Waals surface area contributed by atoms with Gasteiger partial charge in [-0.25, -0.2) is 4.39 Å². The van der Waals surface area contributed by atoms with Crippen molar-refractivity contribution in [3.63, 3.8) is 0 Å². The van der Waals surface area contributed by atoms with Crippen molar-refractivity contribution in [2.45, 2.75) is 114 Å². The fourth-order valence-electron chi connectivity index (χ4n) is 8.41. The van der Waals surface area contributed by atoms with E-state index in [-0.39, 0.29) is 18.1 Å². The van der Waals surface area contributed by atoms with Crippen LogP contribution in [0.25, 0.3) is 0 Å². The van der Waals surface area contributed by atoms with Crippen LogP contribution in [0.5, 0.6) is 5.75 Å². The molecule has 4 rings (SSSR count). The van der Waals surface area contributed by atoms with Crippen LogP contribution in [-0.4, -0.2) is 70.6 Å². The number of phenolic OH excluding ortho intramolecular Hbond substituents is 1. The Morgan fingerprint density at radius 1 is 1.00 bits per heavy atom. The number of halogens is 6. The van der Waals surface area contributed by atoms with E-state index < -0.39 is 35.7 Å². The van der Waals surface area contributed by atoms with Crippen molar-refractivity contribution in [3.05, 3.63) is 29.3 Å². The molecule has 0 bridgehead atoms. The van der Waals surface area contributed by atoms with Gasteiger partial charge in [-0.1, -0.05) is 25.8 Å². The van der Waals surface area contributed by atoms with Gasteiger partial charge in [-0.05, 0) is 137 Å². The minimum Gasteiger partial charge on any atom is -0.508 e. The van der Waals surface area contributed by atoms with E-state index in [1.807, 2.05) is 13.1 Å². The number of nitrogens with zero attached hydrogens (tertiary/aromatic N) is 1. The third-order valence-electron chi connectivity index (χ3n) is 11.1. The fourth-order valence-corrected chi connectivity index (χ4v) is 9.30. The second-order valence-electron chi connectivity index (χ2n) is 13.9. The monoisotopic (exact) mass is 637 g/mol. The van der Waals surface area contributed by atoms with Gasteiger partial charge in [0.05, 0.1) is 5.60 Å². The summed E-state index contributed by atoms with van der Waals surface area (Å²) in [5.41, 5.74) is 0.757. The van der Waals surface area contributed by atoms with Gasteiger partial charge in [-0.2, -0.15) is 33.7 Å². The summed E-state index contributed by atoms with van der Waals surface area (Å²) in [6, 6.07) is 5.73. The van der Waals surface area contributed by atoms with Crippen LogP contribution in [0, 0.1) is 23.2 Å². The highest BCUT2D eigenvalue weighted by atomic mass is 32.2. The summed E-state index contributed by atoms with van der Waals surface area (Å²) >= 11 is 1.42. The Balaban J connectivity index is 1.20. The van der Waals surface area contributed by atoms with E-state index >= 15 is 4.39 Å². The minimum atomic E-state index is -5.47. The number of benzene rings is 1. The Morgan fingerprint density at radius 2 is 1.70 bits per heavy atom. The average molecular weight is 638 g/mol. The Hall–Kier alpha value is -1.13. The molecule has 0 aromatic heterocycles. The highest BCUT2D eigenvalue weighted by Gasteiger charge is 2.65. The second kappa shape index (κ2) is 13.7. The molecule has 3 nitrogen and oxygen atoms in total. The molecule has 3 aliphatic carbocycles. The molecule has 1 aromatic rings. The lowest BCUT2D eigenvalue weighted by Crippen LogP contribution is -2.52. The van der Waals surface area contributed by atoms with Crippen molar-refractivity contribution in [2.75, 3.05) is 31.6 Å². The number of aromatic hydroxyl groups is 1. The lowest BCUT2D eigenvalue weighted by atomic mass is 9.50. The standard InChI is InChI=1S/C33H49F6NO2S/c1-30-14-12-26-25-11-10-24(41)20-23(25)19-22(29(26)27(30)21-28(34)31(30,2)42)9-5-4-6-15-40(3)16-8-18-43-17-7-13-32(35,36)33(37,38)39/h10-11,20,22,26-29,41-42H,4-9,12-19,21H2,1-3H3/t22-,26-,27+,28-,29-,30+,31-/m1/s1. The van der Waals surface area contributed by atoms with Crippen LogP contribution in [0.3, 0.4) is 0 Å². The normalized spacial score (nSPS) is 32.5. The molecule has 2 fully saturated rings. The SMILES string of the molecule is CN(CCCCC[C@@H]1Cc2cc(O)ccc2[C@H]2CC[C@@]3(C)[C@@H](C[C@@H](F)[C@@]3(C)O)[C@H]12)CCCSCCCC(F)(F)C(F)(F)F. The van der Waals surface area contributed by atoms with Gasteiger partial charge in [-0.15, -0.1) is 0 Å². The largest absolute Gasteiger partial charge is 0.508 e. The van der Waals surface area contributed by atoms with E-state index in [9.17, 15) is 32.2 Å². The van der Waals surface area contributed by atoms with Gasteiger partial charge in [-0.3, -0.25) is 0 Å². The van der Waals surface area contributed by atoms with Crippen LogP contribution in [-0.2, 0) is 6.42 Å². The van der Waals surface area contributed by atoms with Crippen LogP contribution in [0.2, 0.25) is 0 Å². The zero-order valence-electron chi connectivity index (χ0n) is 25.7. The predicted octanol–water partition coefficient (Wildman–Crippen LogP) is 8.77. The van der Waals surface area contributed by atoms with E-state index in [2.05, 4.69) is 17.9 Å². The molecule has 246 valence electrons. The first-order valence-corrected chi connectivity index (χ1v) is 17.1. The maximum Gasteiger partial charge on any atom is 0.453 e. The smallest absolute Gasteiger partial charge is 0.453 e. The molecule has 0 unspecified atom stereocenters. The summed E-state index contributed by atoms with van der Waals surface area (Å²) in [5, 5.41) is 21.4. The van der Waals surface area contributed by atoms with Crippen molar-refractivity contribution in [3.8, 4) is 5.75 Å². The summed E-state index contributed by atoms with van der Waals surface area (Å²) in [6.07, 6.45) is 0.0922. The molecule has 43 heavy (non-hydrogen) atoms. The summed E-state index contributed by atoms with van der Waals surface area (Å²) in [7, 11) is 2.05. The van der Waals surface area contributed by atoms with Gasteiger partial charge in [0.25, 0.3) is 0 Å². The van der Waals surface area contributed by atoms with Gasteiger partial charge in [0.2, 0.25) is 0 Å². The van der Waals surface area contributed by atoms with Gasteiger partial charge >= 0.3 is 12.1 Å². The van der Waals surface area contributed by atoms with E-state index in [0.29, 0.717) is 29.9 Å². The summed E-state index contributed by atoms with van der Waals surface area (Å²) in [4.78, 5) is 2.24. The number of unbranched alkanes of at least 4 members (excludes halogenated alkanes) is 2. The molecule has 2 saturated carbocycles. The van der Waals surface area contributed by atoms with Crippen LogP contribution in [0.4, 0.5) is 26.3 Å². The first kappa shape index (κ1) is 34.7. The summed E-state index contributed by atoms with van der Waals surface area (Å²) in [5.74, 6) is -2.12. The van der Waals surface area contributed by atoms with Gasteiger partial charge in [0, 0.05) is 11.8 Å². The molecule has 1 aromatic carbocycles. The molecule has 0 spiro atoms. The number of fused-ring (bicyclic) bond motifs is 5. The molecule has 0 aliphatic heterocycles. The van der Waals surface area contributed by atoms with E-state index in [1.54, 1.807) is 13.0 Å². The molecule has 0 saturated heterocycles. The zero-order valence-corrected chi connectivity index (χ0v) is 26.6. The molecule has 10 heteroatoms. The van der Waals surface area contributed by atoms with Crippen molar-refractivity contribution in [1.29, 1.82) is 0 Å². The Morgan fingerprint density at radius 3 is 2.42 bits per heavy atom. The van der Waals surface area contributed by atoms with Crippen LogP contribution in [0.1, 0.15) is 95.1 Å². The molecule has 2 N–H and O–H groups in total. The average Bonchev–Trinajstić information content (AvgIpc) is 3.10. The van der Waals surface area contributed by atoms with Gasteiger partial charge in [0.15, 0.2) is 0 Å². The maximum absolute atomic E-state index is 15.2. The third kappa shape index (κ3) is 7.48. The van der Waals surface area contributed by atoms with Crippen LogP contribution < -0.4 is 0 Å². The first-order chi connectivity index (χ1) is 20.1. The minimum absolute atomic E-state index is 0.133. The highest BCUT2D eigenvalue weighted by molar-refractivity contribution is 7.99. The van der Waals surface area contributed by atoms with Crippen molar-refractivity contribution < 1.29 is 36.6 Å². The van der Waals surface area contributed by atoms with Crippen LogP contribution >= 0.6 is 11.8 Å². The van der Waals surface area contributed by atoms with Crippen molar-refractivity contribution >= 4 is 11.8 Å². The number of alkyl halides is 6. The molecule has 3 aliphatic rings. The maximum atomic E-state index is 15.2. The third-order valence-corrected chi connectivity index (χ3v) is 12.3. The number of hydrogen-bond donors (Lipinski definition) is 2. The Bertz CT molecular complexity index is 1070. The number of phenols is 1. The second-order valence-corrected chi connectivity index (χ2v) is 15.1. The molecule has 7 atom stereocenters. The Kier molecular flexibility index (Phi) is 11.1. The Labute approximate surface area is 257 Å². The van der Waals surface area contributed by atoms with E-state index in [0.717, 1.165) is 70.2 Å². The van der Waals surface area contributed by atoms with E-state index in [1.165, 1.54) is 22.9 Å². The number of hydrogen-bond acceptors (Lipinski definition) is 4. The fraction of sp³-hybridized carbons (Fsp3) is 0.818. The highest BCUT2D eigenvalue weighted by Crippen LogP contribution is 2.66. The summed E-state index contributed by atoms with van der Waals surface area (Å²) in [6.45, 7) is 5.57. The predicted molar refractivity (Wildman–Crippen MR) is 161 cm³/mol. The first-order valence-electron chi connectivity index (χ1n) is 16.0. The van der Waals surface area contributed by atoms with Gasteiger partial charge in [0.1, 0.15) is 11.9 Å². The van der Waals surface area contributed by atoms with Crippen LogP contribution in [0.15, 0.2) is 18.2 Å². The lowest BCUT2D eigenvalue weighted by Gasteiger charge is -2.55. The van der Waals surface area contributed by atoms with Crippen molar-refractivity contribution in [2.24, 2.45) is 23.2 Å². The van der Waals surface area contributed by atoms with Gasteiger partial charge < -0.3 is 15.1 Å². The number of rotatable bonds is 14. The molecular weight excluding hydrogens is 588 g/mol. The molecule has 0 heterocycles. The lowest BCUT2D eigenvalue weighted by molar-refractivity contribution is -0.284. The number of aliphatic hydroxyl groups is 1. The topological polar surface area (TPSA) is 43.7 Å². The van der Waals surface area contributed by atoms with Crippen molar-refractivity contribution in [1.82, 2.24) is 4.90 Å². The quantitative estimate of drug-likeness (QED) is 0.158. The van der Waals surface area contributed by atoms with E-state index in [4.69, 9.17) is 0 Å².